The smallest absolute Gasteiger partial charge is 0.254 e. The number of sulfonamides is 1. The second-order valence-electron chi connectivity index (χ2n) is 7.51. The minimum absolute atomic E-state index is 0.00888. The molecule has 0 heterocycles. The first kappa shape index (κ1) is 22.9. The minimum atomic E-state index is -3.86. The van der Waals surface area contributed by atoms with Gasteiger partial charge in [0.1, 0.15) is 10.6 Å². The molecule has 0 aromatic heterocycles. The first-order valence-corrected chi connectivity index (χ1v) is 11.0. The maximum Gasteiger partial charge on any atom is 0.254 e. The topological polar surface area (TPSA) is 66.9 Å². The van der Waals surface area contributed by atoms with Crippen molar-refractivity contribution in [1.82, 2.24) is 9.21 Å². The van der Waals surface area contributed by atoms with Crippen molar-refractivity contribution in [2.45, 2.75) is 51.2 Å². The zero-order valence-electron chi connectivity index (χ0n) is 17.9. The summed E-state index contributed by atoms with van der Waals surface area (Å²) in [6, 6.07) is 13.9. The molecule has 6 nitrogen and oxygen atoms in total. The molecule has 2 rings (SSSR count). The summed E-state index contributed by atoms with van der Waals surface area (Å²) in [5.74, 6) is 0.00178. The maximum absolute atomic E-state index is 13.2. The Labute approximate surface area is 174 Å². The van der Waals surface area contributed by atoms with Crippen LogP contribution in [0.15, 0.2) is 53.4 Å². The van der Waals surface area contributed by atoms with Gasteiger partial charge in [-0.25, -0.2) is 8.42 Å². The number of benzene rings is 2. The van der Waals surface area contributed by atoms with Crippen molar-refractivity contribution in [3.05, 3.63) is 59.7 Å². The van der Waals surface area contributed by atoms with Crippen LogP contribution in [-0.2, 0) is 16.6 Å². The van der Waals surface area contributed by atoms with E-state index in [1.165, 1.54) is 30.6 Å². The quantitative estimate of drug-likeness (QED) is 0.654. The summed E-state index contributed by atoms with van der Waals surface area (Å²) < 4.78 is 33.1. The van der Waals surface area contributed by atoms with Crippen molar-refractivity contribution in [2.24, 2.45) is 0 Å². The molecule has 0 radical (unpaired) electrons. The van der Waals surface area contributed by atoms with Crippen LogP contribution in [0.25, 0.3) is 0 Å². The third-order valence-electron chi connectivity index (χ3n) is 4.69. The molecule has 2 aromatic carbocycles. The molecule has 0 unspecified atom stereocenters. The van der Waals surface area contributed by atoms with Crippen molar-refractivity contribution in [2.75, 3.05) is 14.2 Å². The van der Waals surface area contributed by atoms with Crippen molar-refractivity contribution < 1.29 is 17.9 Å². The Morgan fingerprint density at radius 2 is 1.59 bits per heavy atom. The van der Waals surface area contributed by atoms with E-state index in [2.05, 4.69) is 0 Å². The van der Waals surface area contributed by atoms with Gasteiger partial charge in [0.15, 0.2) is 0 Å². The van der Waals surface area contributed by atoms with Crippen LogP contribution in [-0.4, -0.2) is 49.8 Å². The Kier molecular flexibility index (Phi) is 7.43. The molecule has 0 fully saturated rings. The zero-order chi connectivity index (χ0) is 21.8. The Hall–Kier alpha value is -2.38. The van der Waals surface area contributed by atoms with Gasteiger partial charge in [0.2, 0.25) is 10.0 Å². The van der Waals surface area contributed by atoms with Gasteiger partial charge in [-0.1, -0.05) is 30.3 Å². The molecule has 0 aliphatic rings. The molecule has 7 heteroatoms. The van der Waals surface area contributed by atoms with Crippen LogP contribution in [0.4, 0.5) is 0 Å². The lowest BCUT2D eigenvalue weighted by Crippen LogP contribution is -2.42. The van der Waals surface area contributed by atoms with E-state index < -0.39 is 10.0 Å². The Morgan fingerprint density at radius 1 is 1.00 bits per heavy atom. The molecular formula is C22H30N2O4S. The molecular weight excluding hydrogens is 388 g/mol. The number of amides is 1. The predicted octanol–water partition coefficient (Wildman–Crippen LogP) is 3.77. The summed E-state index contributed by atoms with van der Waals surface area (Å²) in [6.45, 7) is 7.97. The average molecular weight is 419 g/mol. The zero-order valence-corrected chi connectivity index (χ0v) is 18.7. The standard InChI is InChI=1S/C22H30N2O4S/c1-16(2)24(17(3)4)22(25)19-12-13-20(28-6)21(14-19)29(26,27)23(5)15-18-10-8-7-9-11-18/h7-14,16-17H,15H2,1-6H3. The first-order chi connectivity index (χ1) is 13.6. The van der Waals surface area contributed by atoms with Gasteiger partial charge >= 0.3 is 0 Å². The number of nitrogens with zero attached hydrogens (tertiary/aromatic N) is 2. The number of methoxy groups -OCH3 is 1. The molecule has 0 N–H and O–H groups in total. The van der Waals surface area contributed by atoms with Gasteiger partial charge in [-0.2, -0.15) is 4.31 Å². The van der Waals surface area contributed by atoms with E-state index in [-0.39, 0.29) is 35.2 Å². The van der Waals surface area contributed by atoms with Gasteiger partial charge < -0.3 is 9.64 Å². The largest absolute Gasteiger partial charge is 0.495 e. The van der Waals surface area contributed by atoms with E-state index >= 15 is 0 Å². The van der Waals surface area contributed by atoms with Crippen molar-refractivity contribution in [1.29, 1.82) is 0 Å². The highest BCUT2D eigenvalue weighted by molar-refractivity contribution is 7.89. The lowest BCUT2D eigenvalue weighted by atomic mass is 10.1. The molecule has 0 bridgehead atoms. The molecule has 2 aromatic rings. The number of carbonyl (C=O) groups excluding carboxylic acids is 1. The highest BCUT2D eigenvalue weighted by Gasteiger charge is 2.28. The minimum Gasteiger partial charge on any atom is -0.495 e. The Bertz CT molecular complexity index is 933. The van der Waals surface area contributed by atoms with Gasteiger partial charge in [0.25, 0.3) is 5.91 Å². The van der Waals surface area contributed by atoms with Crippen molar-refractivity contribution >= 4 is 15.9 Å². The molecule has 0 atom stereocenters. The predicted molar refractivity (Wildman–Crippen MR) is 115 cm³/mol. The molecule has 0 aliphatic carbocycles. The highest BCUT2D eigenvalue weighted by atomic mass is 32.2. The van der Waals surface area contributed by atoms with E-state index in [1.807, 2.05) is 58.0 Å². The highest BCUT2D eigenvalue weighted by Crippen LogP contribution is 2.29. The maximum atomic E-state index is 13.2. The lowest BCUT2D eigenvalue weighted by molar-refractivity contribution is 0.0643. The molecule has 0 saturated heterocycles. The number of hydrogen-bond donors (Lipinski definition) is 0. The van der Waals surface area contributed by atoms with Crippen LogP contribution in [0.5, 0.6) is 5.75 Å². The van der Waals surface area contributed by atoms with Crippen LogP contribution in [0, 0.1) is 0 Å². The van der Waals surface area contributed by atoms with Crippen LogP contribution in [0.1, 0.15) is 43.6 Å². The molecule has 1 amide bonds. The Morgan fingerprint density at radius 3 is 2.10 bits per heavy atom. The molecule has 0 saturated carbocycles. The molecule has 158 valence electrons. The molecule has 0 spiro atoms. The Balaban J connectivity index is 2.45. The summed E-state index contributed by atoms with van der Waals surface area (Å²) >= 11 is 0. The fourth-order valence-electron chi connectivity index (χ4n) is 3.32. The third kappa shape index (κ3) is 5.16. The van der Waals surface area contributed by atoms with Gasteiger partial charge in [0, 0.05) is 31.2 Å². The average Bonchev–Trinajstić information content (AvgIpc) is 2.67. The van der Waals surface area contributed by atoms with E-state index in [0.717, 1.165) is 5.56 Å². The van der Waals surface area contributed by atoms with E-state index in [9.17, 15) is 13.2 Å². The number of hydrogen-bond acceptors (Lipinski definition) is 4. The lowest BCUT2D eigenvalue weighted by Gasteiger charge is -2.31. The first-order valence-electron chi connectivity index (χ1n) is 9.60. The summed E-state index contributed by atoms with van der Waals surface area (Å²) in [5.41, 5.74) is 1.19. The van der Waals surface area contributed by atoms with Crippen LogP contribution in [0.2, 0.25) is 0 Å². The second-order valence-corrected chi connectivity index (χ2v) is 9.53. The summed E-state index contributed by atoms with van der Waals surface area (Å²) in [7, 11) is -0.928. The fourth-order valence-corrected chi connectivity index (χ4v) is 4.66. The van der Waals surface area contributed by atoms with E-state index in [1.54, 1.807) is 11.0 Å². The number of ether oxygens (including phenoxy) is 1. The van der Waals surface area contributed by atoms with E-state index in [0.29, 0.717) is 5.56 Å². The van der Waals surface area contributed by atoms with Crippen molar-refractivity contribution in [3.63, 3.8) is 0 Å². The monoisotopic (exact) mass is 418 g/mol. The SMILES string of the molecule is COc1ccc(C(=O)N(C(C)C)C(C)C)cc1S(=O)(=O)N(C)Cc1ccccc1. The van der Waals surface area contributed by atoms with Gasteiger partial charge in [-0.05, 0) is 51.5 Å². The number of rotatable bonds is 8. The molecule has 0 aliphatic heterocycles. The fraction of sp³-hybridized carbons (Fsp3) is 0.409. The number of carbonyl (C=O) groups is 1. The van der Waals surface area contributed by atoms with Crippen LogP contribution in [0.3, 0.4) is 0 Å². The second kappa shape index (κ2) is 9.41. The van der Waals surface area contributed by atoms with E-state index in [4.69, 9.17) is 4.74 Å². The summed E-state index contributed by atoms with van der Waals surface area (Å²) in [6.07, 6.45) is 0. The van der Waals surface area contributed by atoms with Crippen molar-refractivity contribution in [3.8, 4) is 5.75 Å². The summed E-state index contributed by atoms with van der Waals surface area (Å²) in [4.78, 5) is 14.8. The molecule has 29 heavy (non-hydrogen) atoms. The van der Waals surface area contributed by atoms with Crippen LogP contribution >= 0.6 is 0 Å². The van der Waals surface area contributed by atoms with Gasteiger partial charge in [0.05, 0.1) is 7.11 Å². The van der Waals surface area contributed by atoms with Crippen LogP contribution < -0.4 is 4.74 Å². The van der Waals surface area contributed by atoms with Gasteiger partial charge in [-0.3, -0.25) is 4.79 Å². The normalized spacial score (nSPS) is 11.9. The summed E-state index contributed by atoms with van der Waals surface area (Å²) in [5, 5.41) is 0. The van der Waals surface area contributed by atoms with Gasteiger partial charge in [-0.15, -0.1) is 0 Å². The third-order valence-corrected chi connectivity index (χ3v) is 6.52.